The number of nitrogens with one attached hydrogen (secondary N) is 1. The fraction of sp³-hybridized carbons (Fsp3) is 0.0500. The predicted molar refractivity (Wildman–Crippen MR) is 104 cm³/mol. The molecule has 1 amide bonds. The molecule has 0 atom stereocenters. The first-order valence-corrected chi connectivity index (χ1v) is 8.82. The zero-order valence-corrected chi connectivity index (χ0v) is 15.5. The predicted octanol–water partition coefficient (Wildman–Crippen LogP) is 4.63. The lowest BCUT2D eigenvalue weighted by Gasteiger charge is -2.09. The van der Waals surface area contributed by atoms with E-state index in [-0.39, 0.29) is 22.6 Å². The average molecular weight is 427 g/mol. The van der Waals surface area contributed by atoms with Crippen LogP contribution in [0.15, 0.2) is 60.8 Å². The molecule has 0 aliphatic rings. The Kier molecular flexibility index (Phi) is 5.07. The number of hydrogen-bond acceptors (Lipinski definition) is 5. The van der Waals surface area contributed by atoms with Gasteiger partial charge in [-0.1, -0.05) is 30.3 Å². The molecule has 0 radical (unpaired) electrons. The highest BCUT2D eigenvalue weighted by Crippen LogP contribution is 2.27. The van der Waals surface area contributed by atoms with Crippen molar-refractivity contribution < 1.29 is 22.9 Å². The molecule has 31 heavy (non-hydrogen) atoms. The lowest BCUT2D eigenvalue weighted by Crippen LogP contribution is -2.13. The van der Waals surface area contributed by atoms with Crippen molar-refractivity contribution in [2.75, 3.05) is 5.32 Å². The molecular weight excluding hydrogens is 415 g/mol. The van der Waals surface area contributed by atoms with Gasteiger partial charge in [0.15, 0.2) is 5.65 Å². The summed E-state index contributed by atoms with van der Waals surface area (Å²) in [6, 6.07) is 12.6. The van der Waals surface area contributed by atoms with Gasteiger partial charge in [0.1, 0.15) is 11.3 Å². The fourth-order valence-corrected chi connectivity index (χ4v) is 2.99. The smallest absolute Gasteiger partial charge is 0.306 e. The van der Waals surface area contributed by atoms with Gasteiger partial charge in [0.2, 0.25) is 5.82 Å². The van der Waals surface area contributed by atoms with E-state index in [2.05, 4.69) is 15.4 Å². The Morgan fingerprint density at radius 1 is 1.13 bits per heavy atom. The molecular formula is C20H12F3N5O3. The number of hydrogen-bond donors (Lipinski definition) is 1. The highest BCUT2D eigenvalue weighted by atomic mass is 19.3. The van der Waals surface area contributed by atoms with Gasteiger partial charge < -0.3 is 5.32 Å². The van der Waals surface area contributed by atoms with Gasteiger partial charge in [0.25, 0.3) is 12.3 Å². The van der Waals surface area contributed by atoms with E-state index in [9.17, 15) is 28.1 Å². The third-order valence-electron chi connectivity index (χ3n) is 4.44. The lowest BCUT2D eigenvalue weighted by atomic mass is 10.1. The molecule has 0 aliphatic heterocycles. The van der Waals surface area contributed by atoms with Gasteiger partial charge in [-0.15, -0.1) is 0 Å². The largest absolute Gasteiger partial charge is 0.322 e. The second-order valence-electron chi connectivity index (χ2n) is 6.40. The van der Waals surface area contributed by atoms with Crippen molar-refractivity contribution in [2.45, 2.75) is 6.43 Å². The number of carbonyl (C=O) groups excluding carboxylic acids is 1. The first kappa shape index (κ1) is 20.0. The Hall–Kier alpha value is -4.28. The number of rotatable bonds is 5. The number of alkyl halides is 2. The molecule has 11 heteroatoms. The Labute approximate surface area is 172 Å². The summed E-state index contributed by atoms with van der Waals surface area (Å²) in [6.45, 7) is 0. The van der Waals surface area contributed by atoms with Crippen molar-refractivity contribution in [3.8, 4) is 11.3 Å². The zero-order chi connectivity index (χ0) is 22.1. The number of nitro benzene ring substituents is 1. The Bertz CT molecular complexity index is 1310. The van der Waals surface area contributed by atoms with Crippen molar-refractivity contribution in [1.29, 1.82) is 0 Å². The fourth-order valence-electron chi connectivity index (χ4n) is 2.99. The molecule has 0 unspecified atom stereocenters. The van der Waals surface area contributed by atoms with E-state index in [1.54, 1.807) is 30.3 Å². The van der Waals surface area contributed by atoms with Crippen molar-refractivity contribution in [1.82, 2.24) is 14.6 Å². The second-order valence-corrected chi connectivity index (χ2v) is 6.40. The quantitative estimate of drug-likeness (QED) is 0.369. The van der Waals surface area contributed by atoms with Crippen LogP contribution in [0.4, 0.5) is 24.5 Å². The van der Waals surface area contributed by atoms with Crippen LogP contribution in [0.1, 0.15) is 22.5 Å². The minimum Gasteiger partial charge on any atom is -0.322 e. The molecule has 2 heterocycles. The van der Waals surface area contributed by atoms with Crippen molar-refractivity contribution >= 4 is 22.9 Å². The summed E-state index contributed by atoms with van der Waals surface area (Å²) in [5, 5.41) is 17.1. The Morgan fingerprint density at radius 2 is 1.87 bits per heavy atom. The van der Waals surface area contributed by atoms with Crippen LogP contribution < -0.4 is 5.32 Å². The number of nitro groups is 1. The monoisotopic (exact) mass is 427 g/mol. The van der Waals surface area contributed by atoms with Gasteiger partial charge in [-0.2, -0.15) is 9.49 Å². The highest BCUT2D eigenvalue weighted by molar-refractivity contribution is 6.08. The van der Waals surface area contributed by atoms with E-state index in [1.807, 2.05) is 0 Å². The lowest BCUT2D eigenvalue weighted by molar-refractivity contribution is -0.387. The molecule has 156 valence electrons. The normalized spacial score (nSPS) is 11.1. The molecule has 0 bridgehead atoms. The third-order valence-corrected chi connectivity index (χ3v) is 4.44. The van der Waals surface area contributed by atoms with Crippen LogP contribution >= 0.6 is 0 Å². The minimum absolute atomic E-state index is 0.0502. The molecule has 4 aromatic rings. The topological polar surface area (TPSA) is 102 Å². The molecule has 0 saturated heterocycles. The van der Waals surface area contributed by atoms with Crippen LogP contribution in [-0.4, -0.2) is 25.4 Å². The first-order chi connectivity index (χ1) is 14.8. The standard InChI is InChI=1S/C20H12F3N5O3/c21-14-7-6-12(8-16(14)28(30)31)25-20(29)13-10-24-27-17(18(22)23)9-15(26-19(13)27)11-4-2-1-3-5-11/h1-10,18H,(H,25,29). The number of anilines is 1. The number of carbonyl (C=O) groups is 1. The number of aromatic nitrogens is 3. The van der Waals surface area contributed by atoms with Crippen molar-refractivity contribution in [3.05, 3.63) is 88.0 Å². The highest BCUT2D eigenvalue weighted by Gasteiger charge is 2.22. The number of nitrogens with zero attached hydrogens (tertiary/aromatic N) is 4. The van der Waals surface area contributed by atoms with Gasteiger partial charge in [-0.3, -0.25) is 14.9 Å². The molecule has 0 spiro atoms. The number of fused-ring (bicyclic) bond motifs is 1. The minimum atomic E-state index is -2.89. The summed E-state index contributed by atoms with van der Waals surface area (Å²) in [7, 11) is 0. The van der Waals surface area contributed by atoms with E-state index in [0.29, 0.717) is 5.56 Å². The van der Waals surface area contributed by atoms with Crippen molar-refractivity contribution in [2.24, 2.45) is 0 Å². The van der Waals surface area contributed by atoms with Crippen LogP contribution in [0.5, 0.6) is 0 Å². The maximum absolute atomic E-state index is 13.6. The van der Waals surface area contributed by atoms with Gasteiger partial charge in [-0.25, -0.2) is 18.3 Å². The number of halogens is 3. The number of amides is 1. The Balaban J connectivity index is 1.77. The molecule has 8 nitrogen and oxygen atoms in total. The molecule has 1 N–H and O–H groups in total. The third kappa shape index (κ3) is 3.80. The molecule has 0 saturated carbocycles. The number of benzene rings is 2. The van der Waals surface area contributed by atoms with Crippen LogP contribution in [0, 0.1) is 15.9 Å². The average Bonchev–Trinajstić information content (AvgIpc) is 3.19. The van der Waals surface area contributed by atoms with Gasteiger partial charge in [0, 0.05) is 17.3 Å². The SMILES string of the molecule is O=C(Nc1ccc(F)c([N+](=O)[O-])c1)c1cnn2c(C(F)F)cc(-c3ccccc3)nc12. The molecule has 2 aromatic carbocycles. The van der Waals surface area contributed by atoms with Crippen LogP contribution in [0.2, 0.25) is 0 Å². The van der Waals surface area contributed by atoms with E-state index in [4.69, 9.17) is 0 Å². The maximum Gasteiger partial charge on any atom is 0.306 e. The zero-order valence-electron chi connectivity index (χ0n) is 15.5. The molecule has 0 fully saturated rings. The Morgan fingerprint density at radius 3 is 2.55 bits per heavy atom. The van der Waals surface area contributed by atoms with Crippen LogP contribution in [0.3, 0.4) is 0 Å². The maximum atomic E-state index is 13.6. The van der Waals surface area contributed by atoms with E-state index >= 15 is 0 Å². The van der Waals surface area contributed by atoms with Gasteiger partial charge >= 0.3 is 5.69 Å². The van der Waals surface area contributed by atoms with E-state index < -0.39 is 34.5 Å². The summed E-state index contributed by atoms with van der Waals surface area (Å²) >= 11 is 0. The van der Waals surface area contributed by atoms with Crippen molar-refractivity contribution in [3.63, 3.8) is 0 Å². The summed E-state index contributed by atoms with van der Waals surface area (Å²) < 4.78 is 41.6. The van der Waals surface area contributed by atoms with Crippen LogP contribution in [0.25, 0.3) is 16.9 Å². The summed E-state index contributed by atoms with van der Waals surface area (Å²) in [5.41, 5.74) is -0.797. The summed E-state index contributed by atoms with van der Waals surface area (Å²) in [5.74, 6) is -1.86. The molecule has 2 aromatic heterocycles. The van der Waals surface area contributed by atoms with E-state index in [1.165, 1.54) is 6.07 Å². The summed E-state index contributed by atoms with van der Waals surface area (Å²) in [6.07, 6.45) is -1.82. The second kappa shape index (κ2) is 7.86. The van der Waals surface area contributed by atoms with Gasteiger partial charge in [-0.05, 0) is 18.2 Å². The molecule has 0 aliphatic carbocycles. The molecule has 4 rings (SSSR count). The first-order valence-electron chi connectivity index (χ1n) is 8.82. The van der Waals surface area contributed by atoms with Crippen LogP contribution in [-0.2, 0) is 0 Å². The van der Waals surface area contributed by atoms with Gasteiger partial charge in [0.05, 0.1) is 16.8 Å². The summed E-state index contributed by atoms with van der Waals surface area (Å²) in [4.78, 5) is 27.0. The van der Waals surface area contributed by atoms with E-state index in [0.717, 1.165) is 28.9 Å².